The summed E-state index contributed by atoms with van der Waals surface area (Å²) in [6, 6.07) is 0. The molecule has 0 saturated heterocycles. The van der Waals surface area contributed by atoms with Crippen LogP contribution in [0.1, 0.15) is 20.3 Å². The Morgan fingerprint density at radius 3 is 2.35 bits per heavy atom. The molecule has 0 atom stereocenters. The first-order valence-electron chi connectivity index (χ1n) is 5.38. The molecule has 2 N–H and O–H groups in total. The van der Waals surface area contributed by atoms with Crippen LogP contribution in [-0.4, -0.2) is 36.3 Å². The Balaban J connectivity index is 2.84. The van der Waals surface area contributed by atoms with Crippen LogP contribution >= 0.6 is 0 Å². The lowest BCUT2D eigenvalue weighted by Crippen LogP contribution is -2.29. The first-order valence-corrected chi connectivity index (χ1v) is 6.82. The Kier molecular flexibility index (Phi) is 4.41. The number of hydrogen-bond acceptors (Lipinski definition) is 5. The molecule has 1 aromatic rings. The van der Waals surface area contributed by atoms with Gasteiger partial charge in [-0.05, 0) is 12.3 Å². The number of aromatic nitrogens is 2. The molecule has 0 amide bonds. The molecule has 0 aliphatic heterocycles. The van der Waals surface area contributed by atoms with E-state index in [0.717, 1.165) is 6.42 Å². The van der Waals surface area contributed by atoms with Gasteiger partial charge in [0.25, 0.3) is 0 Å². The third-order valence-electron chi connectivity index (χ3n) is 2.38. The molecule has 0 bridgehead atoms. The molecule has 0 unspecified atom stereocenters. The van der Waals surface area contributed by atoms with Gasteiger partial charge in [0.1, 0.15) is 4.90 Å². The van der Waals surface area contributed by atoms with Gasteiger partial charge >= 0.3 is 0 Å². The Hall–Kier alpha value is -1.21. The second-order valence-corrected chi connectivity index (χ2v) is 6.33. The molecule has 1 aromatic heterocycles. The lowest BCUT2D eigenvalue weighted by molar-refractivity contribution is 0.427. The summed E-state index contributed by atoms with van der Waals surface area (Å²) in [7, 11) is -1.95. The number of sulfonamides is 1. The third kappa shape index (κ3) is 3.64. The van der Waals surface area contributed by atoms with E-state index in [1.807, 2.05) is 13.8 Å². The number of nitrogens with two attached hydrogens (primary N) is 1. The maximum absolute atomic E-state index is 12.1. The zero-order valence-corrected chi connectivity index (χ0v) is 11.1. The van der Waals surface area contributed by atoms with Crippen molar-refractivity contribution in [1.29, 1.82) is 0 Å². The van der Waals surface area contributed by atoms with Crippen LogP contribution in [0.15, 0.2) is 17.3 Å². The predicted molar refractivity (Wildman–Crippen MR) is 65.7 cm³/mol. The molecule has 0 aromatic carbocycles. The summed E-state index contributed by atoms with van der Waals surface area (Å²) in [5.41, 5.74) is 5.31. The number of nitrogens with zero attached hydrogens (tertiary/aromatic N) is 3. The monoisotopic (exact) mass is 258 g/mol. The Morgan fingerprint density at radius 1 is 1.35 bits per heavy atom. The maximum Gasteiger partial charge on any atom is 0.245 e. The first-order chi connectivity index (χ1) is 7.84. The summed E-state index contributed by atoms with van der Waals surface area (Å²) in [6.45, 7) is 4.57. The molecule has 96 valence electrons. The standard InChI is InChI=1S/C10H18N4O2S/c1-8(2)4-5-14(3)17(15,16)9-6-12-10(11)13-7-9/h6-8H,4-5H2,1-3H3,(H2,11,12,13). The SMILES string of the molecule is CC(C)CCN(C)S(=O)(=O)c1cnc(N)nc1. The van der Waals surface area contributed by atoms with Gasteiger partial charge in [-0.3, -0.25) is 0 Å². The van der Waals surface area contributed by atoms with Crippen LogP contribution in [0.2, 0.25) is 0 Å². The molecule has 0 saturated carbocycles. The van der Waals surface area contributed by atoms with Crippen molar-refractivity contribution in [2.75, 3.05) is 19.3 Å². The van der Waals surface area contributed by atoms with Crippen molar-refractivity contribution < 1.29 is 8.42 Å². The van der Waals surface area contributed by atoms with Crippen LogP contribution in [0.3, 0.4) is 0 Å². The van der Waals surface area contributed by atoms with E-state index in [-0.39, 0.29) is 10.8 Å². The highest BCUT2D eigenvalue weighted by Crippen LogP contribution is 2.13. The normalized spacial score (nSPS) is 12.3. The lowest BCUT2D eigenvalue weighted by Gasteiger charge is -2.17. The molecule has 6 nitrogen and oxygen atoms in total. The van der Waals surface area contributed by atoms with Gasteiger partial charge in [-0.2, -0.15) is 0 Å². The molecule has 0 fully saturated rings. The number of nitrogen functional groups attached to an aromatic ring is 1. The Morgan fingerprint density at radius 2 is 1.88 bits per heavy atom. The van der Waals surface area contributed by atoms with E-state index in [1.165, 1.54) is 16.7 Å². The van der Waals surface area contributed by atoms with Gasteiger partial charge in [-0.25, -0.2) is 22.7 Å². The van der Waals surface area contributed by atoms with Gasteiger partial charge in [0.05, 0.1) is 12.4 Å². The zero-order chi connectivity index (χ0) is 13.1. The smallest absolute Gasteiger partial charge is 0.245 e. The minimum atomic E-state index is -3.50. The van der Waals surface area contributed by atoms with Crippen molar-refractivity contribution in [1.82, 2.24) is 14.3 Å². The summed E-state index contributed by atoms with van der Waals surface area (Å²) in [4.78, 5) is 7.44. The van der Waals surface area contributed by atoms with Gasteiger partial charge in [-0.1, -0.05) is 13.8 Å². The van der Waals surface area contributed by atoms with Gasteiger partial charge in [0.2, 0.25) is 16.0 Å². The van der Waals surface area contributed by atoms with Crippen molar-refractivity contribution in [3.63, 3.8) is 0 Å². The molecular formula is C10H18N4O2S. The predicted octanol–water partition coefficient (Wildman–Crippen LogP) is 0.725. The molecule has 0 spiro atoms. The van der Waals surface area contributed by atoms with E-state index in [1.54, 1.807) is 7.05 Å². The van der Waals surface area contributed by atoms with Gasteiger partial charge in [0.15, 0.2) is 0 Å². The van der Waals surface area contributed by atoms with Crippen LogP contribution < -0.4 is 5.73 Å². The molecule has 0 aliphatic rings. The van der Waals surface area contributed by atoms with Crippen LogP contribution in [0, 0.1) is 5.92 Å². The van der Waals surface area contributed by atoms with E-state index >= 15 is 0 Å². The summed E-state index contributed by atoms with van der Waals surface area (Å²) in [5, 5.41) is 0. The minimum Gasteiger partial charge on any atom is -0.368 e. The highest BCUT2D eigenvalue weighted by molar-refractivity contribution is 7.89. The van der Waals surface area contributed by atoms with Crippen molar-refractivity contribution in [3.8, 4) is 0 Å². The van der Waals surface area contributed by atoms with Crippen LogP contribution in [-0.2, 0) is 10.0 Å². The molecule has 17 heavy (non-hydrogen) atoms. The fourth-order valence-electron chi connectivity index (χ4n) is 1.20. The fourth-order valence-corrected chi connectivity index (χ4v) is 2.28. The van der Waals surface area contributed by atoms with Gasteiger partial charge in [0, 0.05) is 13.6 Å². The van der Waals surface area contributed by atoms with Crippen molar-refractivity contribution in [2.45, 2.75) is 25.2 Å². The fraction of sp³-hybridized carbons (Fsp3) is 0.600. The van der Waals surface area contributed by atoms with E-state index in [9.17, 15) is 8.42 Å². The van der Waals surface area contributed by atoms with E-state index in [2.05, 4.69) is 9.97 Å². The topological polar surface area (TPSA) is 89.2 Å². The highest BCUT2D eigenvalue weighted by Gasteiger charge is 2.21. The summed E-state index contributed by atoms with van der Waals surface area (Å²) >= 11 is 0. The lowest BCUT2D eigenvalue weighted by atomic mass is 10.1. The summed E-state index contributed by atoms with van der Waals surface area (Å²) < 4.78 is 25.4. The first kappa shape index (κ1) is 13.9. The van der Waals surface area contributed by atoms with Crippen molar-refractivity contribution in [3.05, 3.63) is 12.4 Å². The largest absolute Gasteiger partial charge is 0.368 e. The van der Waals surface area contributed by atoms with Gasteiger partial charge < -0.3 is 5.73 Å². The summed E-state index contributed by atoms with van der Waals surface area (Å²) in [6.07, 6.45) is 3.26. The number of hydrogen-bond donors (Lipinski definition) is 1. The number of rotatable bonds is 5. The average Bonchev–Trinajstić information content (AvgIpc) is 2.26. The Bertz CT molecular complexity index is 456. The van der Waals surface area contributed by atoms with Crippen LogP contribution in [0.5, 0.6) is 0 Å². The minimum absolute atomic E-state index is 0.0637. The van der Waals surface area contributed by atoms with E-state index in [0.29, 0.717) is 12.5 Å². The van der Waals surface area contributed by atoms with Gasteiger partial charge in [-0.15, -0.1) is 0 Å². The summed E-state index contributed by atoms with van der Waals surface area (Å²) in [5.74, 6) is 0.518. The van der Waals surface area contributed by atoms with Crippen LogP contribution in [0.4, 0.5) is 5.95 Å². The van der Waals surface area contributed by atoms with Crippen LogP contribution in [0.25, 0.3) is 0 Å². The Labute approximate surface area is 102 Å². The zero-order valence-electron chi connectivity index (χ0n) is 10.3. The van der Waals surface area contributed by atoms with Crippen molar-refractivity contribution in [2.24, 2.45) is 5.92 Å². The third-order valence-corrected chi connectivity index (χ3v) is 4.19. The molecule has 0 aliphatic carbocycles. The quantitative estimate of drug-likeness (QED) is 0.840. The average molecular weight is 258 g/mol. The molecule has 1 heterocycles. The highest BCUT2D eigenvalue weighted by atomic mass is 32.2. The van der Waals surface area contributed by atoms with E-state index < -0.39 is 10.0 Å². The number of anilines is 1. The molecule has 1 rings (SSSR count). The van der Waals surface area contributed by atoms with Crippen molar-refractivity contribution >= 4 is 16.0 Å². The second-order valence-electron chi connectivity index (χ2n) is 4.29. The molecule has 7 heteroatoms. The molecule has 0 radical (unpaired) electrons. The van der Waals surface area contributed by atoms with E-state index in [4.69, 9.17) is 5.73 Å². The molecular weight excluding hydrogens is 240 g/mol. The second kappa shape index (κ2) is 5.42. The maximum atomic E-state index is 12.1.